The largest absolute Gasteiger partial charge is 0.440 e. The van der Waals surface area contributed by atoms with Crippen LogP contribution in [-0.4, -0.2) is 16.3 Å². The first-order chi connectivity index (χ1) is 7.14. The number of aromatic nitrogens is 1. The van der Waals surface area contributed by atoms with Gasteiger partial charge in [0, 0.05) is 5.75 Å². The molecule has 1 aliphatic carbocycles. The molecule has 15 heavy (non-hydrogen) atoms. The lowest BCUT2D eigenvalue weighted by atomic mass is 10.00. The summed E-state index contributed by atoms with van der Waals surface area (Å²) in [6.07, 6.45) is 3.73. The zero-order valence-electron chi connectivity index (χ0n) is 8.56. The number of nitrogens with zero attached hydrogens (tertiary/aromatic N) is 2. The van der Waals surface area contributed by atoms with Gasteiger partial charge in [0.25, 0.3) is 5.22 Å². The summed E-state index contributed by atoms with van der Waals surface area (Å²) >= 11 is 1.42. The minimum Gasteiger partial charge on any atom is -0.440 e. The molecule has 0 radical (unpaired) electrons. The summed E-state index contributed by atoms with van der Waals surface area (Å²) in [7, 11) is 0. The molecule has 0 saturated heterocycles. The van der Waals surface area contributed by atoms with Crippen molar-refractivity contribution in [2.75, 3.05) is 5.75 Å². The van der Waals surface area contributed by atoms with Crippen LogP contribution in [0.1, 0.15) is 18.5 Å². The Labute approximate surface area is 92.8 Å². The van der Waals surface area contributed by atoms with Crippen molar-refractivity contribution in [3.05, 3.63) is 12.0 Å². The number of nitriles is 1. The molecule has 0 aromatic carbocycles. The molecule has 0 spiro atoms. The molecule has 1 fully saturated rings. The molecule has 1 atom stereocenters. The van der Waals surface area contributed by atoms with E-state index in [0.29, 0.717) is 16.9 Å². The van der Waals surface area contributed by atoms with Gasteiger partial charge in [0.15, 0.2) is 0 Å². The van der Waals surface area contributed by atoms with Crippen molar-refractivity contribution in [2.45, 2.75) is 30.5 Å². The number of thioether (sulfide) groups is 1. The third-order valence-electron chi connectivity index (χ3n) is 2.55. The van der Waals surface area contributed by atoms with Gasteiger partial charge in [-0.2, -0.15) is 5.26 Å². The Bertz CT molecular complexity index is 394. The van der Waals surface area contributed by atoms with Crippen molar-refractivity contribution in [1.82, 2.24) is 4.98 Å². The summed E-state index contributed by atoms with van der Waals surface area (Å²) in [5.41, 5.74) is 6.14. The number of aryl methyl sites for hydroxylation is 1. The van der Waals surface area contributed by atoms with Gasteiger partial charge in [0.1, 0.15) is 11.8 Å². The maximum atomic E-state index is 9.04. The average molecular weight is 223 g/mol. The van der Waals surface area contributed by atoms with E-state index in [0.717, 1.165) is 18.5 Å². The smallest absolute Gasteiger partial charge is 0.255 e. The molecule has 1 saturated carbocycles. The Morgan fingerprint density at radius 3 is 3.00 bits per heavy atom. The molecule has 0 amide bonds. The quantitative estimate of drug-likeness (QED) is 0.786. The highest BCUT2D eigenvalue weighted by atomic mass is 32.2. The van der Waals surface area contributed by atoms with Crippen molar-refractivity contribution in [3.8, 4) is 6.07 Å². The van der Waals surface area contributed by atoms with Crippen molar-refractivity contribution < 1.29 is 4.42 Å². The van der Waals surface area contributed by atoms with Crippen molar-refractivity contribution in [1.29, 1.82) is 5.26 Å². The summed E-state index contributed by atoms with van der Waals surface area (Å²) in [4.78, 5) is 4.16. The van der Waals surface area contributed by atoms with E-state index in [1.165, 1.54) is 11.8 Å². The fourth-order valence-corrected chi connectivity index (χ4v) is 2.41. The summed E-state index contributed by atoms with van der Waals surface area (Å²) in [5.74, 6) is 0.903. The van der Waals surface area contributed by atoms with Crippen LogP contribution >= 0.6 is 11.8 Å². The van der Waals surface area contributed by atoms with Gasteiger partial charge >= 0.3 is 0 Å². The van der Waals surface area contributed by atoms with Crippen LogP contribution in [0.4, 0.5) is 0 Å². The van der Waals surface area contributed by atoms with Gasteiger partial charge < -0.3 is 10.2 Å². The maximum absolute atomic E-state index is 9.04. The standard InChI is InChI=1S/C10H13N3OS/c1-7-4-14-9(13-7)15-6-10(12,5-11)8-2-3-8/h4,8H,2-3,6,12H2,1H3. The highest BCUT2D eigenvalue weighted by molar-refractivity contribution is 7.99. The van der Waals surface area contributed by atoms with Crippen molar-refractivity contribution >= 4 is 11.8 Å². The Morgan fingerprint density at radius 1 is 1.80 bits per heavy atom. The van der Waals surface area contributed by atoms with E-state index in [1.54, 1.807) is 6.26 Å². The predicted molar refractivity (Wildman–Crippen MR) is 57.2 cm³/mol. The van der Waals surface area contributed by atoms with Gasteiger partial charge in [0.2, 0.25) is 0 Å². The zero-order valence-corrected chi connectivity index (χ0v) is 9.38. The average Bonchev–Trinajstić information content (AvgIpc) is 3.00. The Kier molecular flexibility index (Phi) is 2.72. The Morgan fingerprint density at radius 2 is 2.53 bits per heavy atom. The molecular weight excluding hydrogens is 210 g/mol. The van der Waals surface area contributed by atoms with E-state index in [-0.39, 0.29) is 0 Å². The second-order valence-corrected chi connectivity index (χ2v) is 4.90. The molecule has 1 aliphatic rings. The Balaban J connectivity index is 1.94. The lowest BCUT2D eigenvalue weighted by Gasteiger charge is -2.18. The predicted octanol–water partition coefficient (Wildman–Crippen LogP) is 1.71. The van der Waals surface area contributed by atoms with Crippen LogP contribution in [0, 0.1) is 24.2 Å². The minimum absolute atomic E-state index is 0.353. The lowest BCUT2D eigenvalue weighted by molar-refractivity contribution is 0.451. The van der Waals surface area contributed by atoms with Crippen molar-refractivity contribution in [2.24, 2.45) is 11.7 Å². The highest BCUT2D eigenvalue weighted by Gasteiger charge is 2.42. The first-order valence-corrected chi connectivity index (χ1v) is 5.88. The molecular formula is C10H13N3OS. The molecule has 1 aromatic heterocycles. The second-order valence-electron chi connectivity index (χ2n) is 3.97. The molecule has 2 rings (SSSR count). The molecule has 4 nitrogen and oxygen atoms in total. The molecule has 0 bridgehead atoms. The molecule has 5 heteroatoms. The highest BCUT2D eigenvalue weighted by Crippen LogP contribution is 2.40. The summed E-state index contributed by atoms with van der Waals surface area (Å²) in [6, 6.07) is 2.20. The van der Waals surface area contributed by atoms with E-state index in [4.69, 9.17) is 15.4 Å². The van der Waals surface area contributed by atoms with E-state index >= 15 is 0 Å². The summed E-state index contributed by atoms with van der Waals surface area (Å²) in [6.45, 7) is 1.87. The summed E-state index contributed by atoms with van der Waals surface area (Å²) in [5, 5.41) is 9.64. The van der Waals surface area contributed by atoms with Crippen LogP contribution in [0.25, 0.3) is 0 Å². The second kappa shape index (κ2) is 3.87. The Hall–Kier alpha value is -0.990. The van der Waals surface area contributed by atoms with Crippen LogP contribution in [-0.2, 0) is 0 Å². The third-order valence-corrected chi connectivity index (χ3v) is 3.60. The molecule has 1 aromatic rings. The topological polar surface area (TPSA) is 75.8 Å². The van der Waals surface area contributed by atoms with E-state index in [2.05, 4.69) is 11.1 Å². The molecule has 1 heterocycles. The first-order valence-electron chi connectivity index (χ1n) is 4.89. The third kappa shape index (κ3) is 2.33. The van der Waals surface area contributed by atoms with Crippen molar-refractivity contribution in [3.63, 3.8) is 0 Å². The van der Waals surface area contributed by atoms with Crippen LogP contribution in [0.3, 0.4) is 0 Å². The molecule has 0 aliphatic heterocycles. The van der Waals surface area contributed by atoms with Gasteiger partial charge in [-0.3, -0.25) is 0 Å². The number of nitrogens with two attached hydrogens (primary N) is 1. The molecule has 1 unspecified atom stereocenters. The normalized spacial score (nSPS) is 19.5. The van der Waals surface area contributed by atoms with Gasteiger partial charge in [-0.15, -0.1) is 0 Å². The van der Waals surface area contributed by atoms with Crippen LogP contribution in [0.2, 0.25) is 0 Å². The van der Waals surface area contributed by atoms with E-state index in [9.17, 15) is 0 Å². The van der Waals surface area contributed by atoms with Gasteiger partial charge in [-0.05, 0) is 25.7 Å². The van der Waals surface area contributed by atoms with Crippen LogP contribution in [0.15, 0.2) is 15.9 Å². The van der Waals surface area contributed by atoms with Crippen LogP contribution < -0.4 is 5.73 Å². The molecule has 80 valence electrons. The number of oxazole rings is 1. The van der Waals surface area contributed by atoms with Gasteiger partial charge in [0.05, 0.1) is 11.8 Å². The fourth-order valence-electron chi connectivity index (χ4n) is 1.42. The lowest BCUT2D eigenvalue weighted by Crippen LogP contribution is -2.43. The number of hydrogen-bond acceptors (Lipinski definition) is 5. The minimum atomic E-state index is -0.715. The SMILES string of the molecule is Cc1coc(SCC(N)(C#N)C2CC2)n1. The summed E-state index contributed by atoms with van der Waals surface area (Å²) < 4.78 is 5.19. The number of rotatable bonds is 4. The van der Waals surface area contributed by atoms with Crippen LogP contribution in [0.5, 0.6) is 0 Å². The fraction of sp³-hybridized carbons (Fsp3) is 0.600. The van der Waals surface area contributed by atoms with Gasteiger partial charge in [-0.25, -0.2) is 4.98 Å². The van der Waals surface area contributed by atoms with E-state index < -0.39 is 5.54 Å². The van der Waals surface area contributed by atoms with Gasteiger partial charge in [-0.1, -0.05) is 11.8 Å². The number of hydrogen-bond donors (Lipinski definition) is 1. The van der Waals surface area contributed by atoms with E-state index in [1.807, 2.05) is 6.92 Å². The first kappa shape index (κ1) is 10.5. The zero-order chi connectivity index (χ0) is 10.9. The molecule has 2 N–H and O–H groups in total. The monoisotopic (exact) mass is 223 g/mol. The maximum Gasteiger partial charge on any atom is 0.255 e.